The van der Waals surface area contributed by atoms with Crippen LogP contribution in [0.4, 0.5) is 11.4 Å². The maximum absolute atomic E-state index is 13.1. The average molecular weight is 401 g/mol. The molecule has 3 aromatic carbocycles. The summed E-state index contributed by atoms with van der Waals surface area (Å²) in [5.74, 6) is -0.0611. The number of aryl methyl sites for hydroxylation is 3. The molecule has 1 N–H and O–H groups in total. The molecule has 0 amide bonds. The topological polar surface area (TPSA) is 42.0 Å². The van der Waals surface area contributed by atoms with Gasteiger partial charge in [0.1, 0.15) is 0 Å². The summed E-state index contributed by atoms with van der Waals surface area (Å²) in [6, 6.07) is 17.6. The largest absolute Gasteiger partial charge is 0.353 e. The van der Waals surface area contributed by atoms with Gasteiger partial charge >= 0.3 is 0 Å². The summed E-state index contributed by atoms with van der Waals surface area (Å²) >= 11 is 6.54. The smallest absolute Gasteiger partial charge is 0.194 e. The lowest BCUT2D eigenvalue weighted by Gasteiger charge is -2.15. The van der Waals surface area contributed by atoms with E-state index < -0.39 is 0 Å². The highest BCUT2D eigenvalue weighted by atomic mass is 35.5. The third kappa shape index (κ3) is 3.74. The molecular weight excluding hydrogens is 380 g/mol. The van der Waals surface area contributed by atoms with Crippen LogP contribution in [0.2, 0.25) is 5.02 Å². The van der Waals surface area contributed by atoms with Gasteiger partial charge in [0.05, 0.1) is 16.9 Å². The fraction of sp³-hybridized carbons (Fsp3) is 0.120. The number of benzene rings is 3. The minimum Gasteiger partial charge on any atom is -0.353 e. The van der Waals surface area contributed by atoms with E-state index in [4.69, 9.17) is 11.6 Å². The number of pyridine rings is 1. The molecule has 0 saturated heterocycles. The average Bonchev–Trinajstić information content (AvgIpc) is 2.70. The first-order chi connectivity index (χ1) is 13.9. The molecule has 0 atom stereocenters. The summed E-state index contributed by atoms with van der Waals surface area (Å²) in [5.41, 5.74) is 5.96. The lowest BCUT2D eigenvalue weighted by atomic mass is 9.96. The van der Waals surface area contributed by atoms with Crippen molar-refractivity contribution in [3.8, 4) is 0 Å². The highest BCUT2D eigenvalue weighted by molar-refractivity contribution is 6.35. The predicted molar refractivity (Wildman–Crippen MR) is 121 cm³/mol. The minimum absolute atomic E-state index is 0.0611. The molecule has 1 aromatic heterocycles. The minimum atomic E-state index is -0.0611. The molecule has 144 valence electrons. The van der Waals surface area contributed by atoms with Crippen LogP contribution < -0.4 is 5.32 Å². The van der Waals surface area contributed by atoms with Gasteiger partial charge in [0, 0.05) is 33.8 Å². The molecule has 4 aromatic rings. The molecule has 0 radical (unpaired) electrons. The molecule has 0 aliphatic rings. The van der Waals surface area contributed by atoms with Gasteiger partial charge in [-0.1, -0.05) is 59.6 Å². The first-order valence-electron chi connectivity index (χ1n) is 9.46. The molecule has 0 unspecified atom stereocenters. The van der Waals surface area contributed by atoms with E-state index >= 15 is 0 Å². The number of ketones is 1. The van der Waals surface area contributed by atoms with Crippen molar-refractivity contribution in [2.24, 2.45) is 0 Å². The third-order valence-corrected chi connectivity index (χ3v) is 5.44. The summed E-state index contributed by atoms with van der Waals surface area (Å²) in [4.78, 5) is 17.4. The molecule has 29 heavy (non-hydrogen) atoms. The summed E-state index contributed by atoms with van der Waals surface area (Å²) in [6.07, 6.45) is 3.64. The number of nitrogens with zero attached hydrogens (tertiary/aromatic N) is 1. The van der Waals surface area contributed by atoms with Crippen LogP contribution in [0.1, 0.15) is 32.6 Å². The van der Waals surface area contributed by atoms with Crippen LogP contribution in [-0.2, 0) is 0 Å². The summed E-state index contributed by atoms with van der Waals surface area (Å²) < 4.78 is 0. The first-order valence-corrected chi connectivity index (χ1v) is 9.83. The fourth-order valence-electron chi connectivity index (χ4n) is 3.56. The van der Waals surface area contributed by atoms with Crippen molar-refractivity contribution in [3.63, 3.8) is 0 Å². The number of carbonyl (C=O) groups excluding carboxylic acids is 1. The molecule has 0 aliphatic heterocycles. The highest BCUT2D eigenvalue weighted by Gasteiger charge is 2.17. The van der Waals surface area contributed by atoms with Crippen molar-refractivity contribution in [1.29, 1.82) is 0 Å². The van der Waals surface area contributed by atoms with Gasteiger partial charge in [0.15, 0.2) is 5.78 Å². The number of aromatic nitrogens is 1. The van der Waals surface area contributed by atoms with Crippen molar-refractivity contribution in [2.75, 3.05) is 5.32 Å². The van der Waals surface area contributed by atoms with Crippen LogP contribution in [0, 0.1) is 20.8 Å². The van der Waals surface area contributed by atoms with Crippen LogP contribution in [-0.4, -0.2) is 10.8 Å². The van der Waals surface area contributed by atoms with Gasteiger partial charge in [0.25, 0.3) is 0 Å². The van der Waals surface area contributed by atoms with Crippen LogP contribution in [0.15, 0.2) is 67.0 Å². The van der Waals surface area contributed by atoms with Gasteiger partial charge in [-0.05, 0) is 44.0 Å². The SMILES string of the molecule is Cc1ccc(C(=O)c2cc(C)c(Nc3cncc4ccccc34)cc2Cl)c(C)c1. The van der Waals surface area contributed by atoms with E-state index in [-0.39, 0.29) is 5.78 Å². The number of rotatable bonds is 4. The fourth-order valence-corrected chi connectivity index (χ4v) is 3.81. The Morgan fingerprint density at radius 1 is 0.862 bits per heavy atom. The monoisotopic (exact) mass is 400 g/mol. The van der Waals surface area contributed by atoms with Gasteiger partial charge in [-0.2, -0.15) is 0 Å². The van der Waals surface area contributed by atoms with E-state index in [0.29, 0.717) is 16.1 Å². The number of nitrogens with one attached hydrogen (secondary N) is 1. The second-order valence-corrected chi connectivity index (χ2v) is 7.73. The molecule has 0 fully saturated rings. The molecule has 0 saturated carbocycles. The Morgan fingerprint density at radius 3 is 2.45 bits per heavy atom. The zero-order valence-corrected chi connectivity index (χ0v) is 17.3. The number of halogens is 1. The molecular formula is C25H21ClN2O. The quantitative estimate of drug-likeness (QED) is 0.383. The number of hydrogen-bond acceptors (Lipinski definition) is 3. The Hall–Kier alpha value is -3.17. The zero-order chi connectivity index (χ0) is 20.5. The Labute approximate surface area is 175 Å². The molecule has 4 heteroatoms. The zero-order valence-electron chi connectivity index (χ0n) is 16.6. The standard InChI is InChI=1S/C25H21ClN2O/c1-15-8-9-19(16(2)10-15)25(29)21-11-17(3)23(12-22(21)26)28-24-14-27-13-18-6-4-5-7-20(18)24/h4-14,28H,1-3H3. The molecule has 0 aliphatic carbocycles. The van der Waals surface area contributed by atoms with Gasteiger partial charge < -0.3 is 5.32 Å². The maximum atomic E-state index is 13.1. The van der Waals surface area contributed by atoms with Gasteiger partial charge in [-0.3, -0.25) is 9.78 Å². The highest BCUT2D eigenvalue weighted by Crippen LogP contribution is 2.32. The molecule has 0 spiro atoms. The van der Waals surface area contributed by atoms with Crippen LogP contribution >= 0.6 is 11.6 Å². The molecule has 1 heterocycles. The van der Waals surface area contributed by atoms with E-state index in [1.165, 1.54) is 0 Å². The Bertz CT molecular complexity index is 1240. The normalized spacial score (nSPS) is 10.9. The van der Waals surface area contributed by atoms with Crippen LogP contribution in [0.25, 0.3) is 10.8 Å². The Kier molecular flexibility index (Phi) is 5.08. The van der Waals surface area contributed by atoms with Crippen molar-refractivity contribution >= 4 is 39.5 Å². The second-order valence-electron chi connectivity index (χ2n) is 7.33. The Balaban J connectivity index is 1.71. The summed E-state index contributed by atoms with van der Waals surface area (Å²) in [5, 5.41) is 5.99. The summed E-state index contributed by atoms with van der Waals surface area (Å²) in [6.45, 7) is 5.93. The number of fused-ring (bicyclic) bond motifs is 1. The van der Waals surface area contributed by atoms with Crippen LogP contribution in [0.3, 0.4) is 0 Å². The number of anilines is 2. The predicted octanol–water partition coefficient (Wildman–Crippen LogP) is 6.79. The van der Waals surface area contributed by atoms with Crippen molar-refractivity contribution < 1.29 is 4.79 Å². The van der Waals surface area contributed by atoms with E-state index in [1.54, 1.807) is 6.20 Å². The molecule has 3 nitrogen and oxygen atoms in total. The van der Waals surface area contributed by atoms with Gasteiger partial charge in [0.2, 0.25) is 0 Å². The molecule has 0 bridgehead atoms. The third-order valence-electron chi connectivity index (χ3n) is 5.12. The van der Waals surface area contributed by atoms with E-state index in [9.17, 15) is 4.79 Å². The van der Waals surface area contributed by atoms with Crippen molar-refractivity contribution in [3.05, 3.63) is 99.8 Å². The lowest BCUT2D eigenvalue weighted by molar-refractivity contribution is 0.103. The van der Waals surface area contributed by atoms with Crippen molar-refractivity contribution in [2.45, 2.75) is 20.8 Å². The van der Waals surface area contributed by atoms with E-state index in [2.05, 4.69) is 10.3 Å². The van der Waals surface area contributed by atoms with Gasteiger partial charge in [-0.25, -0.2) is 0 Å². The van der Waals surface area contributed by atoms with Crippen LogP contribution in [0.5, 0.6) is 0 Å². The van der Waals surface area contributed by atoms with Crippen molar-refractivity contribution in [1.82, 2.24) is 4.98 Å². The lowest BCUT2D eigenvalue weighted by Crippen LogP contribution is -2.06. The van der Waals surface area contributed by atoms with E-state index in [1.807, 2.05) is 81.6 Å². The van der Waals surface area contributed by atoms with E-state index in [0.717, 1.165) is 38.8 Å². The second kappa shape index (κ2) is 7.69. The molecule has 4 rings (SSSR count). The maximum Gasteiger partial charge on any atom is 0.194 e. The number of carbonyl (C=O) groups is 1. The number of hydrogen-bond donors (Lipinski definition) is 1. The van der Waals surface area contributed by atoms with Gasteiger partial charge in [-0.15, -0.1) is 0 Å². The Morgan fingerprint density at radius 2 is 1.66 bits per heavy atom. The summed E-state index contributed by atoms with van der Waals surface area (Å²) in [7, 11) is 0. The first kappa shape index (κ1) is 19.2.